The van der Waals surface area contributed by atoms with E-state index in [4.69, 9.17) is 14.2 Å². The second-order valence-corrected chi connectivity index (χ2v) is 8.46. The zero-order valence-electron chi connectivity index (χ0n) is 17.3. The maximum absolute atomic E-state index is 14.7. The van der Waals surface area contributed by atoms with Crippen molar-refractivity contribution >= 4 is 5.91 Å². The van der Waals surface area contributed by atoms with Gasteiger partial charge in [-0.25, -0.2) is 4.39 Å². The van der Waals surface area contributed by atoms with Crippen molar-refractivity contribution in [2.24, 2.45) is 11.8 Å². The monoisotopic (exact) mass is 393 g/mol. The van der Waals surface area contributed by atoms with E-state index in [9.17, 15) is 9.18 Å². The molecule has 1 saturated carbocycles. The summed E-state index contributed by atoms with van der Waals surface area (Å²) >= 11 is 0. The van der Waals surface area contributed by atoms with Gasteiger partial charge in [0.1, 0.15) is 11.6 Å². The minimum atomic E-state index is -0.466. The van der Waals surface area contributed by atoms with Gasteiger partial charge in [-0.15, -0.1) is 0 Å². The van der Waals surface area contributed by atoms with E-state index in [1.807, 2.05) is 0 Å². The molecule has 2 fully saturated rings. The van der Waals surface area contributed by atoms with Gasteiger partial charge < -0.3 is 19.5 Å². The van der Waals surface area contributed by atoms with Gasteiger partial charge in [-0.3, -0.25) is 4.79 Å². The molecule has 1 aromatic rings. The molecule has 0 aromatic heterocycles. The zero-order valence-corrected chi connectivity index (χ0v) is 17.3. The van der Waals surface area contributed by atoms with Gasteiger partial charge in [0.15, 0.2) is 0 Å². The number of nitrogens with one attached hydrogen (secondary N) is 1. The third-order valence-corrected chi connectivity index (χ3v) is 6.33. The molecule has 0 radical (unpaired) electrons. The average molecular weight is 393 g/mol. The minimum absolute atomic E-state index is 0.0143. The summed E-state index contributed by atoms with van der Waals surface area (Å²) in [7, 11) is 3.13. The van der Waals surface area contributed by atoms with Gasteiger partial charge in [-0.05, 0) is 37.8 Å². The summed E-state index contributed by atoms with van der Waals surface area (Å²) in [6.45, 7) is 4.68. The second kappa shape index (κ2) is 8.78. The molecule has 1 aliphatic heterocycles. The van der Waals surface area contributed by atoms with Crippen molar-refractivity contribution in [2.75, 3.05) is 20.8 Å². The molecule has 1 aromatic carbocycles. The number of halogens is 1. The summed E-state index contributed by atoms with van der Waals surface area (Å²) in [5, 5.41) is 3.24. The molecule has 2 aliphatic rings. The number of amides is 1. The van der Waals surface area contributed by atoms with Crippen molar-refractivity contribution in [2.45, 2.75) is 63.7 Å². The van der Waals surface area contributed by atoms with E-state index in [2.05, 4.69) is 19.2 Å². The third kappa shape index (κ3) is 4.33. The molecule has 3 rings (SSSR count). The van der Waals surface area contributed by atoms with Crippen molar-refractivity contribution < 1.29 is 23.4 Å². The van der Waals surface area contributed by atoms with Crippen LogP contribution < -0.4 is 10.1 Å². The Morgan fingerprint density at radius 2 is 2.14 bits per heavy atom. The second-order valence-electron chi connectivity index (χ2n) is 8.46. The Balaban J connectivity index is 1.91. The molecule has 0 spiro atoms. The highest BCUT2D eigenvalue weighted by Crippen LogP contribution is 2.49. The number of hydrogen-bond donors (Lipinski definition) is 1. The van der Waals surface area contributed by atoms with Gasteiger partial charge in [-0.2, -0.15) is 0 Å². The molecule has 6 heteroatoms. The predicted molar refractivity (Wildman–Crippen MR) is 105 cm³/mol. The van der Waals surface area contributed by atoms with Crippen LogP contribution in [-0.2, 0) is 14.3 Å². The van der Waals surface area contributed by atoms with Crippen molar-refractivity contribution in [3.63, 3.8) is 0 Å². The first-order valence-electron chi connectivity index (χ1n) is 10.2. The highest BCUT2D eigenvalue weighted by atomic mass is 19.1. The van der Waals surface area contributed by atoms with E-state index in [0.717, 1.165) is 19.3 Å². The number of hydrogen-bond acceptors (Lipinski definition) is 4. The molecular formula is C22H32FNO4. The van der Waals surface area contributed by atoms with E-state index < -0.39 is 11.6 Å². The average Bonchev–Trinajstić information content (AvgIpc) is 2.65. The molecule has 1 saturated heterocycles. The van der Waals surface area contributed by atoms with Crippen LogP contribution in [0, 0.1) is 17.7 Å². The first kappa shape index (κ1) is 21.1. The van der Waals surface area contributed by atoms with Crippen LogP contribution in [0.5, 0.6) is 5.75 Å². The van der Waals surface area contributed by atoms with Gasteiger partial charge >= 0.3 is 0 Å². The molecule has 28 heavy (non-hydrogen) atoms. The summed E-state index contributed by atoms with van der Waals surface area (Å²) in [6, 6.07) is 4.83. The van der Waals surface area contributed by atoms with Gasteiger partial charge in [0.2, 0.25) is 5.91 Å². The fourth-order valence-electron chi connectivity index (χ4n) is 4.90. The molecule has 0 unspecified atom stereocenters. The van der Waals surface area contributed by atoms with Crippen LogP contribution in [0.2, 0.25) is 0 Å². The predicted octanol–water partition coefficient (Wildman–Crippen LogP) is 4.01. The molecule has 5 nitrogen and oxygen atoms in total. The molecule has 1 heterocycles. The molecule has 1 N–H and O–H groups in total. The topological polar surface area (TPSA) is 56.8 Å². The minimum Gasteiger partial charge on any atom is -0.496 e. The first-order valence-corrected chi connectivity index (χ1v) is 10.2. The molecule has 1 aliphatic carbocycles. The Labute approximate surface area is 166 Å². The Morgan fingerprint density at radius 1 is 1.36 bits per heavy atom. The summed E-state index contributed by atoms with van der Waals surface area (Å²) < 4.78 is 31.6. The SMILES string of the molecule is COCCC(=O)N[C@@]1(C)C[C@H](c2c(F)cccc2OC)O[C@@H]2C[C@H](C)CC[C@H]21. The highest BCUT2D eigenvalue weighted by Gasteiger charge is 2.50. The lowest BCUT2D eigenvalue weighted by Gasteiger charge is -2.52. The number of fused-ring (bicyclic) bond motifs is 1. The quantitative estimate of drug-likeness (QED) is 0.793. The number of rotatable bonds is 6. The fraction of sp³-hybridized carbons (Fsp3) is 0.682. The number of carbonyl (C=O) groups is 1. The molecular weight excluding hydrogens is 361 g/mol. The maximum atomic E-state index is 14.7. The Morgan fingerprint density at radius 3 is 2.86 bits per heavy atom. The van der Waals surface area contributed by atoms with Gasteiger partial charge in [0.05, 0.1) is 31.5 Å². The van der Waals surface area contributed by atoms with E-state index in [1.165, 1.54) is 13.2 Å². The van der Waals surface area contributed by atoms with Crippen LogP contribution in [0.15, 0.2) is 18.2 Å². The van der Waals surface area contributed by atoms with E-state index >= 15 is 0 Å². The summed E-state index contributed by atoms with van der Waals surface area (Å²) in [6.07, 6.45) is 3.37. The third-order valence-electron chi connectivity index (χ3n) is 6.33. The molecule has 0 bridgehead atoms. The number of ether oxygens (including phenoxy) is 3. The summed E-state index contributed by atoms with van der Waals surface area (Å²) in [4.78, 5) is 12.5. The number of carbonyl (C=O) groups excluding carboxylic acids is 1. The van der Waals surface area contributed by atoms with Gasteiger partial charge in [-0.1, -0.05) is 19.4 Å². The lowest BCUT2D eigenvalue weighted by atomic mass is 9.66. The lowest BCUT2D eigenvalue weighted by molar-refractivity contribution is -0.155. The Hall–Kier alpha value is -1.66. The van der Waals surface area contributed by atoms with Crippen LogP contribution in [0.4, 0.5) is 4.39 Å². The largest absolute Gasteiger partial charge is 0.496 e. The maximum Gasteiger partial charge on any atom is 0.222 e. The van der Waals surface area contributed by atoms with Crippen LogP contribution >= 0.6 is 0 Å². The van der Waals surface area contributed by atoms with E-state index in [0.29, 0.717) is 36.7 Å². The van der Waals surface area contributed by atoms with Crippen LogP contribution in [0.1, 0.15) is 57.6 Å². The van der Waals surface area contributed by atoms with E-state index in [-0.39, 0.29) is 23.7 Å². The lowest BCUT2D eigenvalue weighted by Crippen LogP contribution is -2.60. The number of benzene rings is 1. The molecule has 156 valence electrons. The molecule has 1 amide bonds. The normalized spacial score (nSPS) is 32.5. The van der Waals surface area contributed by atoms with Crippen molar-refractivity contribution in [1.29, 1.82) is 0 Å². The van der Waals surface area contributed by atoms with Gasteiger partial charge in [0.25, 0.3) is 0 Å². The summed E-state index contributed by atoms with van der Waals surface area (Å²) in [5.41, 5.74) is -0.0229. The van der Waals surface area contributed by atoms with Crippen molar-refractivity contribution in [1.82, 2.24) is 5.32 Å². The highest BCUT2D eigenvalue weighted by molar-refractivity contribution is 5.77. The van der Waals surface area contributed by atoms with Gasteiger partial charge in [0, 0.05) is 31.4 Å². The van der Waals surface area contributed by atoms with Crippen LogP contribution in [0.3, 0.4) is 0 Å². The van der Waals surface area contributed by atoms with E-state index in [1.54, 1.807) is 19.2 Å². The first-order chi connectivity index (χ1) is 13.4. The summed E-state index contributed by atoms with van der Waals surface area (Å²) in [5.74, 6) is 0.878. The van der Waals surface area contributed by atoms with Crippen molar-refractivity contribution in [3.05, 3.63) is 29.6 Å². The number of methoxy groups -OCH3 is 2. The van der Waals surface area contributed by atoms with Crippen LogP contribution in [-0.4, -0.2) is 38.4 Å². The van der Waals surface area contributed by atoms with Crippen molar-refractivity contribution in [3.8, 4) is 5.75 Å². The van der Waals surface area contributed by atoms with Crippen LogP contribution in [0.25, 0.3) is 0 Å². The zero-order chi connectivity index (χ0) is 20.3. The Bertz CT molecular complexity index is 697. The molecule has 5 atom stereocenters. The fourth-order valence-corrected chi connectivity index (χ4v) is 4.90. The smallest absolute Gasteiger partial charge is 0.222 e. The standard InChI is InChI=1S/C22H32FNO4/c1-14-8-9-15-18(12-14)28-19(21-16(23)6-5-7-17(21)27-4)13-22(15,2)24-20(25)10-11-26-3/h5-7,14-15,18-19H,8-13H2,1-4H3,(H,24,25)/t14-,15-,18-,19-,22+/m1/s1. The Kier molecular flexibility index (Phi) is 6.61.